The molecule has 6 aliphatic rings. The van der Waals surface area contributed by atoms with E-state index in [4.69, 9.17) is 4.74 Å². The molecule has 242 valence electrons. The number of rotatable bonds is 3. The highest BCUT2D eigenvalue weighted by atomic mass is 16.5. The van der Waals surface area contributed by atoms with E-state index in [-0.39, 0.29) is 38.8 Å². The Hall–Kier alpha value is -1.12. The lowest BCUT2D eigenvalue weighted by atomic mass is 9.33. The van der Waals surface area contributed by atoms with Crippen LogP contribution in [0.3, 0.4) is 0 Å². The van der Waals surface area contributed by atoms with Crippen LogP contribution in [0.4, 0.5) is 0 Å². The number of Topliss-reactive ketones (excluding diaryl/α,β-unsaturated/α-hetero) is 2. The molecule has 1 aliphatic heterocycles. The fourth-order valence-corrected chi connectivity index (χ4v) is 12.1. The molecule has 7 heteroatoms. The van der Waals surface area contributed by atoms with E-state index in [2.05, 4.69) is 54.5 Å². The largest absolute Gasteiger partial charge is 0.394 e. The first-order chi connectivity index (χ1) is 19.9. The van der Waals surface area contributed by atoms with E-state index in [0.717, 1.165) is 44.9 Å². The Morgan fingerprint density at radius 3 is 2.23 bits per heavy atom. The van der Waals surface area contributed by atoms with Gasteiger partial charge in [0.1, 0.15) is 36.3 Å². The van der Waals surface area contributed by atoms with E-state index in [1.54, 1.807) is 0 Å². The van der Waals surface area contributed by atoms with Crippen LogP contribution in [0.25, 0.3) is 0 Å². The minimum Gasteiger partial charge on any atom is -0.394 e. The zero-order valence-electron chi connectivity index (χ0n) is 27.5. The molecule has 4 N–H and O–H groups in total. The van der Waals surface area contributed by atoms with Crippen molar-refractivity contribution >= 4 is 11.6 Å². The molecule has 5 aliphatic carbocycles. The molecule has 7 nitrogen and oxygen atoms in total. The summed E-state index contributed by atoms with van der Waals surface area (Å²) in [4.78, 5) is 27.8. The molecule has 4 saturated carbocycles. The number of aliphatic hydroxyl groups is 4. The first-order valence-corrected chi connectivity index (χ1v) is 17.0. The quantitative estimate of drug-likeness (QED) is 0.344. The van der Waals surface area contributed by atoms with Crippen LogP contribution in [-0.4, -0.2) is 69.1 Å². The summed E-state index contributed by atoms with van der Waals surface area (Å²) < 4.78 is 5.90. The molecule has 6 rings (SSSR count). The predicted octanol–water partition coefficient (Wildman–Crippen LogP) is 4.77. The van der Waals surface area contributed by atoms with Gasteiger partial charge in [0.05, 0.1) is 6.61 Å². The standard InChI is InChI=1S/C36H56O7/c1-31(2)14-16-36(30(42)29-28(41)27(40)26(39)22(19-37)43-29)17-15-34(6)20(21(36)18-31)8-9-24-33(5)12-11-25(38)32(3,4)23(33)10-13-35(24,34)7/h8,21-24,26-29,37,39-41H,9-19H2,1-7H3/t21?,22?,23?,24?,26-,27?,28?,29-,33-,34+,35+,36-/m0/s1. The molecule has 6 unspecified atom stereocenters. The number of allylic oxidation sites excluding steroid dienone is 2. The molecule has 0 bridgehead atoms. The maximum absolute atomic E-state index is 14.7. The fraction of sp³-hybridized carbons (Fsp3) is 0.889. The normalized spacial score (nSPS) is 52.2. The molecule has 0 spiro atoms. The molecule has 0 aromatic heterocycles. The minimum absolute atomic E-state index is 0.00236. The van der Waals surface area contributed by atoms with Crippen molar-refractivity contribution < 1.29 is 34.8 Å². The van der Waals surface area contributed by atoms with Crippen LogP contribution in [0.2, 0.25) is 0 Å². The molecular formula is C36H56O7. The second-order valence-corrected chi connectivity index (χ2v) is 17.6. The van der Waals surface area contributed by atoms with Gasteiger partial charge in [-0.15, -0.1) is 0 Å². The highest BCUT2D eigenvalue weighted by molar-refractivity contribution is 5.91. The van der Waals surface area contributed by atoms with Crippen molar-refractivity contribution in [2.45, 2.75) is 143 Å². The number of hydrogen-bond acceptors (Lipinski definition) is 7. The van der Waals surface area contributed by atoms with Gasteiger partial charge in [0.25, 0.3) is 0 Å². The van der Waals surface area contributed by atoms with Crippen LogP contribution in [0.5, 0.6) is 0 Å². The van der Waals surface area contributed by atoms with Gasteiger partial charge in [-0.05, 0) is 97.2 Å². The molecular weight excluding hydrogens is 544 g/mol. The topological polar surface area (TPSA) is 124 Å². The maximum atomic E-state index is 14.7. The Morgan fingerprint density at radius 1 is 0.884 bits per heavy atom. The van der Waals surface area contributed by atoms with Crippen molar-refractivity contribution in [2.24, 2.45) is 50.2 Å². The third-order valence-electron chi connectivity index (χ3n) is 15.0. The highest BCUT2D eigenvalue weighted by Gasteiger charge is 2.69. The van der Waals surface area contributed by atoms with E-state index in [0.29, 0.717) is 36.9 Å². The monoisotopic (exact) mass is 600 g/mol. The van der Waals surface area contributed by atoms with E-state index in [9.17, 15) is 30.0 Å². The lowest BCUT2D eigenvalue weighted by molar-refractivity contribution is -0.233. The summed E-state index contributed by atoms with van der Waals surface area (Å²) in [6, 6.07) is 0. The number of ether oxygens (including phenoxy) is 1. The predicted molar refractivity (Wildman–Crippen MR) is 163 cm³/mol. The maximum Gasteiger partial charge on any atom is 0.171 e. The summed E-state index contributed by atoms with van der Waals surface area (Å²) in [5.74, 6) is 1.08. The van der Waals surface area contributed by atoms with Crippen LogP contribution in [0, 0.1) is 50.2 Å². The zero-order valence-corrected chi connectivity index (χ0v) is 27.5. The summed E-state index contributed by atoms with van der Waals surface area (Å²) in [5.41, 5.74) is 0.465. The number of aliphatic hydroxyl groups excluding tert-OH is 4. The van der Waals surface area contributed by atoms with Gasteiger partial charge in [-0.3, -0.25) is 9.59 Å². The van der Waals surface area contributed by atoms with E-state index >= 15 is 0 Å². The summed E-state index contributed by atoms with van der Waals surface area (Å²) in [6.45, 7) is 15.8. The molecule has 0 radical (unpaired) electrons. The molecule has 0 aromatic carbocycles. The minimum atomic E-state index is -1.56. The Kier molecular flexibility index (Phi) is 7.36. The lowest BCUT2D eigenvalue weighted by Crippen LogP contribution is -2.67. The number of fused-ring (bicyclic) bond motifs is 7. The average Bonchev–Trinajstić information content (AvgIpc) is 2.94. The van der Waals surface area contributed by atoms with Gasteiger partial charge >= 0.3 is 0 Å². The first-order valence-electron chi connectivity index (χ1n) is 17.0. The summed E-state index contributed by atoms with van der Waals surface area (Å²) in [6.07, 6.45) is 4.26. The first kappa shape index (κ1) is 31.8. The third-order valence-corrected chi connectivity index (χ3v) is 15.0. The molecule has 1 saturated heterocycles. The molecule has 12 atom stereocenters. The van der Waals surface area contributed by atoms with Gasteiger partial charge in [-0.25, -0.2) is 0 Å². The lowest BCUT2D eigenvalue weighted by Gasteiger charge is -2.71. The van der Waals surface area contributed by atoms with Crippen molar-refractivity contribution in [3.63, 3.8) is 0 Å². The van der Waals surface area contributed by atoms with Gasteiger partial charge in [0.15, 0.2) is 5.78 Å². The number of hydrogen-bond donors (Lipinski definition) is 4. The van der Waals surface area contributed by atoms with Crippen molar-refractivity contribution in [1.29, 1.82) is 0 Å². The number of carbonyl (C=O) groups excluding carboxylic acids is 2. The van der Waals surface area contributed by atoms with Crippen molar-refractivity contribution in [1.82, 2.24) is 0 Å². The second-order valence-electron chi connectivity index (χ2n) is 17.6. The third kappa shape index (κ3) is 4.16. The van der Waals surface area contributed by atoms with Crippen LogP contribution in [-0.2, 0) is 14.3 Å². The second kappa shape index (κ2) is 9.94. The van der Waals surface area contributed by atoms with Crippen molar-refractivity contribution in [3.8, 4) is 0 Å². The van der Waals surface area contributed by atoms with E-state index < -0.39 is 42.5 Å². The van der Waals surface area contributed by atoms with Crippen molar-refractivity contribution in [2.75, 3.05) is 6.61 Å². The Bertz CT molecular complexity index is 1200. The molecule has 43 heavy (non-hydrogen) atoms. The highest BCUT2D eigenvalue weighted by Crippen LogP contribution is 2.75. The summed E-state index contributed by atoms with van der Waals surface area (Å²) in [5, 5.41) is 41.8. The van der Waals surface area contributed by atoms with Gasteiger partial charge in [-0.2, -0.15) is 0 Å². The summed E-state index contributed by atoms with van der Waals surface area (Å²) in [7, 11) is 0. The smallest absolute Gasteiger partial charge is 0.171 e. The van der Waals surface area contributed by atoms with Gasteiger partial charge in [-0.1, -0.05) is 60.1 Å². The van der Waals surface area contributed by atoms with Crippen LogP contribution >= 0.6 is 0 Å². The van der Waals surface area contributed by atoms with E-state index in [1.807, 2.05) is 0 Å². The van der Waals surface area contributed by atoms with Crippen molar-refractivity contribution in [3.05, 3.63) is 11.6 Å². The Morgan fingerprint density at radius 2 is 1.56 bits per heavy atom. The van der Waals surface area contributed by atoms with Gasteiger partial charge in [0.2, 0.25) is 0 Å². The number of ketones is 2. The Labute approximate surface area is 257 Å². The average molecular weight is 601 g/mol. The fourth-order valence-electron chi connectivity index (χ4n) is 12.1. The van der Waals surface area contributed by atoms with Crippen LogP contribution in [0.1, 0.15) is 113 Å². The molecule has 0 aromatic rings. The van der Waals surface area contributed by atoms with Crippen LogP contribution < -0.4 is 0 Å². The van der Waals surface area contributed by atoms with E-state index in [1.165, 1.54) is 5.57 Å². The van der Waals surface area contributed by atoms with Gasteiger partial charge in [0, 0.05) is 17.3 Å². The zero-order chi connectivity index (χ0) is 31.5. The van der Waals surface area contributed by atoms with Crippen LogP contribution in [0.15, 0.2) is 11.6 Å². The number of carbonyl (C=O) groups is 2. The SMILES string of the molecule is CC1(C)CC[C@]2(C(=O)[C@H]3OC(CO)[C@H](O)C(O)C3O)CC[C@]3(C)C(=CCC4[C@@]5(C)CCC(=O)C(C)(C)C5CC[C@]43C)C2C1. The molecule has 5 fully saturated rings. The molecule has 1 heterocycles. The Balaban J connectivity index is 1.41. The summed E-state index contributed by atoms with van der Waals surface area (Å²) >= 11 is 0. The van der Waals surface area contributed by atoms with Gasteiger partial charge < -0.3 is 25.2 Å². The molecule has 0 amide bonds.